The molecule has 114 valence electrons. The topological polar surface area (TPSA) is 48.2 Å². The van der Waals surface area contributed by atoms with Crippen LogP contribution in [0.3, 0.4) is 0 Å². The molecule has 1 aliphatic carbocycles. The van der Waals surface area contributed by atoms with Crippen LogP contribution < -0.4 is 0 Å². The van der Waals surface area contributed by atoms with Gasteiger partial charge in [-0.25, -0.2) is 0 Å². The fourth-order valence-electron chi connectivity index (χ4n) is 2.35. The Morgan fingerprint density at radius 2 is 1.85 bits per heavy atom. The Hall–Kier alpha value is -0.683. The molecule has 0 saturated heterocycles. The molecule has 1 atom stereocenters. The molecular weight excluding hydrogens is 268 g/mol. The zero-order chi connectivity index (χ0) is 15.1. The molecule has 0 aromatic carbocycles. The second-order valence-corrected chi connectivity index (χ2v) is 12.5. The van der Waals surface area contributed by atoms with Crippen molar-refractivity contribution in [2.24, 2.45) is 5.92 Å². The van der Waals surface area contributed by atoms with Gasteiger partial charge in [0, 0.05) is 5.92 Å². The van der Waals surface area contributed by atoms with E-state index in [0.29, 0.717) is 11.8 Å². The van der Waals surface area contributed by atoms with E-state index in [9.17, 15) is 0 Å². The van der Waals surface area contributed by atoms with Gasteiger partial charge < -0.3 is 8.84 Å². The molecular formula is C15H28N2O2Si. The minimum Gasteiger partial charge on any atom is -0.422 e. The molecule has 1 aromatic heterocycles. The van der Waals surface area contributed by atoms with Gasteiger partial charge in [-0.3, -0.25) is 0 Å². The van der Waals surface area contributed by atoms with Gasteiger partial charge in [0.15, 0.2) is 8.32 Å². The average molecular weight is 296 g/mol. The van der Waals surface area contributed by atoms with Crippen LogP contribution in [0.25, 0.3) is 0 Å². The summed E-state index contributed by atoms with van der Waals surface area (Å²) in [5, 5.41) is 8.58. The van der Waals surface area contributed by atoms with Crippen LogP contribution >= 0.6 is 0 Å². The third-order valence-electron chi connectivity index (χ3n) is 4.80. The van der Waals surface area contributed by atoms with Crippen LogP contribution in [0, 0.1) is 5.92 Å². The van der Waals surface area contributed by atoms with Gasteiger partial charge in [0.25, 0.3) is 0 Å². The second-order valence-electron chi connectivity index (χ2n) is 7.77. The Balaban J connectivity index is 2.01. The summed E-state index contributed by atoms with van der Waals surface area (Å²) in [5.41, 5.74) is 0. The normalized spacial score (nSPS) is 25.4. The summed E-state index contributed by atoms with van der Waals surface area (Å²) < 4.78 is 12.1. The van der Waals surface area contributed by atoms with Crippen molar-refractivity contribution in [3.8, 4) is 0 Å². The van der Waals surface area contributed by atoms with E-state index in [2.05, 4.69) is 51.0 Å². The van der Waals surface area contributed by atoms with Crippen molar-refractivity contribution >= 4 is 8.32 Å². The predicted octanol–water partition coefficient (Wildman–Crippen LogP) is 4.67. The molecule has 0 aliphatic heterocycles. The average Bonchev–Trinajstić information content (AvgIpc) is 2.71. The standard InChI is InChI=1S/C15H28N2O2Si/c1-10-8-12(9-10)14-17-16-13(18-14)11(2)19-20(6,7)15(3,4)5/h10-12H,8-9H2,1-7H3/t10-,11-,12+/m0/s1. The minimum atomic E-state index is -1.80. The molecule has 0 unspecified atom stereocenters. The van der Waals surface area contributed by atoms with Gasteiger partial charge in [-0.05, 0) is 43.8 Å². The van der Waals surface area contributed by atoms with Gasteiger partial charge >= 0.3 is 0 Å². The molecule has 0 bridgehead atoms. The van der Waals surface area contributed by atoms with Crippen LogP contribution in [0.2, 0.25) is 18.1 Å². The maximum atomic E-state index is 6.30. The van der Waals surface area contributed by atoms with Crippen molar-refractivity contribution in [2.45, 2.75) is 77.6 Å². The SMILES string of the molecule is C[C@H](O[Si](C)(C)C(C)(C)C)c1nnc([C@H]2C[C@@H](C)C2)o1. The highest BCUT2D eigenvalue weighted by atomic mass is 28.4. The van der Waals surface area contributed by atoms with Crippen molar-refractivity contribution in [1.29, 1.82) is 0 Å². The van der Waals surface area contributed by atoms with Gasteiger partial charge in [0.1, 0.15) is 6.10 Å². The lowest BCUT2D eigenvalue weighted by atomic mass is 9.76. The van der Waals surface area contributed by atoms with Crippen LogP contribution in [-0.4, -0.2) is 18.5 Å². The third kappa shape index (κ3) is 3.14. The number of hydrogen-bond acceptors (Lipinski definition) is 4. The molecule has 0 N–H and O–H groups in total. The van der Waals surface area contributed by atoms with Gasteiger partial charge in [-0.15, -0.1) is 10.2 Å². The Kier molecular flexibility index (Phi) is 4.13. The fourth-order valence-corrected chi connectivity index (χ4v) is 3.69. The van der Waals surface area contributed by atoms with E-state index >= 15 is 0 Å². The Labute approximate surface area is 123 Å². The van der Waals surface area contributed by atoms with Gasteiger partial charge in [0.05, 0.1) is 0 Å². The van der Waals surface area contributed by atoms with Crippen LogP contribution in [0.4, 0.5) is 0 Å². The zero-order valence-electron chi connectivity index (χ0n) is 13.9. The van der Waals surface area contributed by atoms with Crippen molar-refractivity contribution in [3.63, 3.8) is 0 Å². The molecule has 4 nitrogen and oxygen atoms in total. The lowest BCUT2D eigenvalue weighted by Crippen LogP contribution is -2.41. The van der Waals surface area contributed by atoms with Crippen LogP contribution in [0.15, 0.2) is 4.42 Å². The maximum absolute atomic E-state index is 6.30. The summed E-state index contributed by atoms with van der Waals surface area (Å²) >= 11 is 0. The second kappa shape index (κ2) is 5.26. The molecule has 1 heterocycles. The maximum Gasteiger partial charge on any atom is 0.243 e. The molecule has 0 amide bonds. The zero-order valence-corrected chi connectivity index (χ0v) is 14.9. The van der Waals surface area contributed by atoms with E-state index in [4.69, 9.17) is 8.84 Å². The number of aromatic nitrogens is 2. The van der Waals surface area contributed by atoms with E-state index in [1.54, 1.807) is 0 Å². The Bertz CT molecular complexity index is 459. The van der Waals surface area contributed by atoms with E-state index in [1.165, 1.54) is 12.8 Å². The van der Waals surface area contributed by atoms with E-state index in [0.717, 1.165) is 11.8 Å². The monoisotopic (exact) mass is 296 g/mol. The van der Waals surface area contributed by atoms with Crippen LogP contribution in [0.5, 0.6) is 0 Å². The highest BCUT2D eigenvalue weighted by Crippen LogP contribution is 2.42. The molecule has 20 heavy (non-hydrogen) atoms. The predicted molar refractivity (Wildman–Crippen MR) is 82.1 cm³/mol. The molecule has 5 heteroatoms. The Morgan fingerprint density at radius 3 is 2.35 bits per heavy atom. The van der Waals surface area contributed by atoms with Crippen LogP contribution in [0.1, 0.15) is 71.3 Å². The summed E-state index contributed by atoms with van der Waals surface area (Å²) in [6.45, 7) is 15.5. The van der Waals surface area contributed by atoms with Crippen molar-refractivity contribution in [1.82, 2.24) is 10.2 Å². The molecule has 1 saturated carbocycles. The van der Waals surface area contributed by atoms with Crippen molar-refractivity contribution < 1.29 is 8.84 Å². The molecule has 1 fully saturated rings. The first kappa shape index (κ1) is 15.7. The Morgan fingerprint density at radius 1 is 1.25 bits per heavy atom. The molecule has 0 spiro atoms. The highest BCUT2D eigenvalue weighted by molar-refractivity contribution is 6.74. The smallest absolute Gasteiger partial charge is 0.243 e. The highest BCUT2D eigenvalue weighted by Gasteiger charge is 2.40. The first-order chi connectivity index (χ1) is 9.10. The quantitative estimate of drug-likeness (QED) is 0.758. The van der Waals surface area contributed by atoms with Crippen molar-refractivity contribution in [2.75, 3.05) is 0 Å². The summed E-state index contributed by atoms with van der Waals surface area (Å²) in [4.78, 5) is 0. The summed E-state index contributed by atoms with van der Waals surface area (Å²) in [5.74, 6) is 2.68. The third-order valence-corrected chi connectivity index (χ3v) is 9.36. The van der Waals surface area contributed by atoms with Crippen LogP contribution in [-0.2, 0) is 4.43 Å². The van der Waals surface area contributed by atoms with Crippen molar-refractivity contribution in [3.05, 3.63) is 11.8 Å². The molecule has 0 radical (unpaired) electrons. The minimum absolute atomic E-state index is 0.116. The summed E-state index contributed by atoms with van der Waals surface area (Å²) in [6.07, 6.45) is 2.22. The van der Waals surface area contributed by atoms with E-state index in [1.807, 2.05) is 6.92 Å². The lowest BCUT2D eigenvalue weighted by molar-refractivity contribution is 0.160. The summed E-state index contributed by atoms with van der Waals surface area (Å²) in [7, 11) is -1.80. The molecule has 1 aliphatic rings. The molecule has 1 aromatic rings. The largest absolute Gasteiger partial charge is 0.422 e. The van der Waals surface area contributed by atoms with Gasteiger partial charge in [-0.1, -0.05) is 27.7 Å². The number of hydrogen-bond donors (Lipinski definition) is 0. The van der Waals surface area contributed by atoms with E-state index in [-0.39, 0.29) is 11.1 Å². The van der Waals surface area contributed by atoms with E-state index < -0.39 is 8.32 Å². The van der Waals surface area contributed by atoms with Gasteiger partial charge in [0.2, 0.25) is 11.8 Å². The summed E-state index contributed by atoms with van der Waals surface area (Å²) in [6, 6.07) is 0. The van der Waals surface area contributed by atoms with Gasteiger partial charge in [-0.2, -0.15) is 0 Å². The number of nitrogens with zero attached hydrogens (tertiary/aromatic N) is 2. The fraction of sp³-hybridized carbons (Fsp3) is 0.867. The number of rotatable bonds is 4. The first-order valence-corrected chi connectivity index (χ1v) is 10.5. The first-order valence-electron chi connectivity index (χ1n) is 7.61. The lowest BCUT2D eigenvalue weighted by Gasteiger charge is -2.37. The molecule has 2 rings (SSSR count).